The number of benzene rings is 1. The molecule has 3 nitrogen and oxygen atoms in total. The molecule has 1 aromatic rings. The van der Waals surface area contributed by atoms with E-state index in [0.29, 0.717) is 6.61 Å². The summed E-state index contributed by atoms with van der Waals surface area (Å²) >= 11 is 4.15. The predicted molar refractivity (Wildman–Crippen MR) is 93.5 cm³/mol. The number of aliphatic hydroxyl groups is 1. The van der Waals surface area contributed by atoms with Crippen LogP contribution < -0.4 is 10.1 Å². The van der Waals surface area contributed by atoms with E-state index in [0.717, 1.165) is 36.9 Å². The maximum Gasteiger partial charge on any atom is 0.123 e. The van der Waals surface area contributed by atoms with Crippen LogP contribution in [-0.4, -0.2) is 47.4 Å². The van der Waals surface area contributed by atoms with Gasteiger partial charge in [-0.3, -0.25) is 0 Å². The van der Waals surface area contributed by atoms with Gasteiger partial charge in [-0.25, -0.2) is 0 Å². The van der Waals surface area contributed by atoms with E-state index in [1.165, 1.54) is 22.8 Å². The molecule has 0 amide bonds. The van der Waals surface area contributed by atoms with Crippen molar-refractivity contribution in [2.45, 2.75) is 24.6 Å². The third-order valence-electron chi connectivity index (χ3n) is 3.36. The molecule has 2 rings (SSSR count). The maximum absolute atomic E-state index is 8.79. The van der Waals surface area contributed by atoms with Crippen LogP contribution in [0, 0.1) is 0 Å². The summed E-state index contributed by atoms with van der Waals surface area (Å²) in [5.74, 6) is 4.80. The third-order valence-corrected chi connectivity index (χ3v) is 6.20. The molecule has 1 aromatic carbocycles. The van der Waals surface area contributed by atoms with Gasteiger partial charge < -0.3 is 15.2 Å². The van der Waals surface area contributed by atoms with Gasteiger partial charge in [-0.2, -0.15) is 23.5 Å². The van der Waals surface area contributed by atoms with E-state index < -0.39 is 0 Å². The Morgan fingerprint density at radius 3 is 2.95 bits per heavy atom. The van der Waals surface area contributed by atoms with Crippen molar-refractivity contribution in [3.05, 3.63) is 29.8 Å². The summed E-state index contributed by atoms with van der Waals surface area (Å²) in [6.45, 7) is 2.84. The molecule has 2 N–H and O–H groups in total. The van der Waals surface area contributed by atoms with Crippen LogP contribution in [0.1, 0.15) is 18.4 Å². The maximum atomic E-state index is 8.79. The fourth-order valence-corrected chi connectivity index (χ4v) is 4.86. The number of hydrogen-bond acceptors (Lipinski definition) is 5. The minimum Gasteiger partial charge on any atom is -0.493 e. The van der Waals surface area contributed by atoms with Crippen molar-refractivity contribution in [1.82, 2.24) is 5.32 Å². The lowest BCUT2D eigenvalue weighted by atomic mass is 10.2. The Morgan fingerprint density at radius 1 is 1.24 bits per heavy atom. The number of rotatable bonds is 9. The van der Waals surface area contributed by atoms with Crippen LogP contribution in [0.25, 0.3) is 0 Å². The van der Waals surface area contributed by atoms with Crippen LogP contribution in [0.15, 0.2) is 24.3 Å². The Balaban J connectivity index is 1.73. The van der Waals surface area contributed by atoms with Crippen molar-refractivity contribution in [2.75, 3.05) is 37.0 Å². The topological polar surface area (TPSA) is 41.5 Å². The highest BCUT2D eigenvalue weighted by molar-refractivity contribution is 8.06. The highest BCUT2D eigenvalue weighted by atomic mass is 32.2. The number of nitrogens with one attached hydrogen (secondary N) is 1. The lowest BCUT2D eigenvalue weighted by molar-refractivity contribution is 0.252. The molecular formula is C16H25NO2S2. The summed E-state index contributed by atoms with van der Waals surface area (Å²) in [4.78, 5) is 0. The van der Waals surface area contributed by atoms with Crippen molar-refractivity contribution in [2.24, 2.45) is 0 Å². The largest absolute Gasteiger partial charge is 0.493 e. The molecule has 0 bridgehead atoms. The zero-order valence-corrected chi connectivity index (χ0v) is 14.1. The molecule has 21 heavy (non-hydrogen) atoms. The molecule has 0 spiro atoms. The Labute approximate surface area is 136 Å². The van der Waals surface area contributed by atoms with Crippen LogP contribution >= 0.6 is 23.5 Å². The number of ether oxygens (including phenoxy) is 1. The summed E-state index contributed by atoms with van der Waals surface area (Å²) in [5.41, 5.74) is 1.22. The standard InChI is InChI=1S/C16H25NO2S2/c18-7-3-4-8-19-16-6-2-1-5-14(16)11-17-12-15-13-20-9-10-21-15/h1-2,5-6,15,17-18H,3-4,7-13H2. The number of para-hydroxylation sites is 1. The first-order valence-corrected chi connectivity index (χ1v) is 9.82. The first-order chi connectivity index (χ1) is 10.4. The minimum absolute atomic E-state index is 0.240. The van der Waals surface area contributed by atoms with Gasteiger partial charge in [0.2, 0.25) is 0 Å². The van der Waals surface area contributed by atoms with E-state index in [9.17, 15) is 0 Å². The van der Waals surface area contributed by atoms with Crippen molar-refractivity contribution in [3.63, 3.8) is 0 Å². The molecule has 1 atom stereocenters. The fourth-order valence-electron chi connectivity index (χ4n) is 2.21. The van der Waals surface area contributed by atoms with E-state index in [1.54, 1.807) is 0 Å². The minimum atomic E-state index is 0.240. The molecule has 1 aliphatic heterocycles. The lowest BCUT2D eigenvalue weighted by Gasteiger charge is -2.21. The zero-order valence-electron chi connectivity index (χ0n) is 12.4. The van der Waals surface area contributed by atoms with Gasteiger partial charge in [-0.1, -0.05) is 18.2 Å². The average Bonchev–Trinajstić information content (AvgIpc) is 2.54. The van der Waals surface area contributed by atoms with Gasteiger partial charge in [0.25, 0.3) is 0 Å². The van der Waals surface area contributed by atoms with E-state index in [1.807, 2.05) is 12.1 Å². The molecule has 118 valence electrons. The van der Waals surface area contributed by atoms with Crippen LogP contribution in [-0.2, 0) is 6.54 Å². The molecule has 1 heterocycles. The van der Waals surface area contributed by atoms with Crippen molar-refractivity contribution in [1.29, 1.82) is 0 Å². The predicted octanol–water partition coefficient (Wildman–Crippen LogP) is 2.78. The fraction of sp³-hybridized carbons (Fsp3) is 0.625. The van der Waals surface area contributed by atoms with Gasteiger partial charge in [-0.05, 0) is 18.9 Å². The van der Waals surface area contributed by atoms with E-state index in [4.69, 9.17) is 9.84 Å². The van der Waals surface area contributed by atoms with Gasteiger partial charge in [0, 0.05) is 47.8 Å². The Bertz CT molecular complexity index is 398. The van der Waals surface area contributed by atoms with Gasteiger partial charge in [0.1, 0.15) is 5.75 Å². The second-order valence-electron chi connectivity index (χ2n) is 5.09. The average molecular weight is 328 g/mol. The number of hydrogen-bond donors (Lipinski definition) is 2. The Hall–Kier alpha value is -0.360. The van der Waals surface area contributed by atoms with E-state index >= 15 is 0 Å². The molecule has 5 heteroatoms. The first kappa shape index (κ1) is 17.0. The van der Waals surface area contributed by atoms with E-state index in [2.05, 4.69) is 41.0 Å². The summed E-state index contributed by atoms with van der Waals surface area (Å²) < 4.78 is 5.82. The summed E-state index contributed by atoms with van der Waals surface area (Å²) in [6.07, 6.45) is 1.70. The molecule has 0 aromatic heterocycles. The molecule has 1 aliphatic rings. The quantitative estimate of drug-likeness (QED) is 0.683. The van der Waals surface area contributed by atoms with Gasteiger partial charge >= 0.3 is 0 Å². The van der Waals surface area contributed by atoms with Crippen LogP contribution in [0.3, 0.4) is 0 Å². The Morgan fingerprint density at radius 2 is 2.14 bits per heavy atom. The SMILES string of the molecule is OCCCCOc1ccccc1CNCC1CSCCS1. The monoisotopic (exact) mass is 327 g/mol. The number of unbranched alkanes of at least 4 members (excludes halogenated alkanes) is 1. The van der Waals surface area contributed by atoms with Crippen LogP contribution in [0.4, 0.5) is 0 Å². The summed E-state index contributed by atoms with van der Waals surface area (Å²) in [5, 5.41) is 13.1. The number of aliphatic hydroxyl groups excluding tert-OH is 1. The molecule has 1 unspecified atom stereocenters. The van der Waals surface area contributed by atoms with Gasteiger partial charge in [0.05, 0.1) is 6.61 Å². The molecule has 1 fully saturated rings. The summed E-state index contributed by atoms with van der Waals surface area (Å²) in [7, 11) is 0. The van der Waals surface area contributed by atoms with Gasteiger partial charge in [-0.15, -0.1) is 0 Å². The normalized spacial score (nSPS) is 18.6. The highest BCUT2D eigenvalue weighted by Gasteiger charge is 2.13. The van der Waals surface area contributed by atoms with Crippen molar-refractivity contribution < 1.29 is 9.84 Å². The highest BCUT2D eigenvalue weighted by Crippen LogP contribution is 2.23. The van der Waals surface area contributed by atoms with Gasteiger partial charge in [0.15, 0.2) is 0 Å². The zero-order chi connectivity index (χ0) is 14.8. The van der Waals surface area contributed by atoms with E-state index in [-0.39, 0.29) is 6.61 Å². The summed E-state index contributed by atoms with van der Waals surface area (Å²) in [6, 6.07) is 8.22. The molecule has 0 aliphatic carbocycles. The molecular weight excluding hydrogens is 302 g/mol. The second kappa shape index (κ2) is 10.4. The first-order valence-electron chi connectivity index (χ1n) is 7.62. The van der Waals surface area contributed by atoms with Crippen LogP contribution in [0.5, 0.6) is 5.75 Å². The smallest absolute Gasteiger partial charge is 0.123 e. The molecule has 0 saturated carbocycles. The number of thioether (sulfide) groups is 2. The van der Waals surface area contributed by atoms with Crippen molar-refractivity contribution >= 4 is 23.5 Å². The van der Waals surface area contributed by atoms with Crippen LogP contribution in [0.2, 0.25) is 0 Å². The lowest BCUT2D eigenvalue weighted by Crippen LogP contribution is -2.28. The third kappa shape index (κ3) is 6.51. The molecule has 1 saturated heterocycles. The Kier molecular flexibility index (Phi) is 8.40. The van der Waals surface area contributed by atoms with Crippen molar-refractivity contribution in [3.8, 4) is 5.75 Å². The molecule has 0 radical (unpaired) electrons. The second-order valence-corrected chi connectivity index (χ2v) is 7.64.